The number of halogens is 3. The van der Waals surface area contributed by atoms with Crippen molar-refractivity contribution in [1.82, 2.24) is 35.6 Å². The minimum Gasteiger partial charge on any atom is -0.490 e. The van der Waals surface area contributed by atoms with E-state index in [0.29, 0.717) is 69.1 Å². The summed E-state index contributed by atoms with van der Waals surface area (Å²) in [6, 6.07) is 14.4. The van der Waals surface area contributed by atoms with Gasteiger partial charge in [-0.15, -0.1) is 0 Å². The molecule has 1 aromatic heterocycles. The van der Waals surface area contributed by atoms with Crippen molar-refractivity contribution in [3.63, 3.8) is 0 Å². The lowest BCUT2D eigenvalue weighted by Gasteiger charge is -2.38. The first kappa shape index (κ1) is 51.4. The highest BCUT2D eigenvalue weighted by atomic mass is 35.5. The van der Waals surface area contributed by atoms with Crippen LogP contribution in [0.15, 0.2) is 66.7 Å². The topological polar surface area (TPSA) is 260 Å². The van der Waals surface area contributed by atoms with Gasteiger partial charge in [-0.3, -0.25) is 43.5 Å². The molecule has 5 heterocycles. The molecule has 0 bridgehead atoms. The highest BCUT2D eigenvalue weighted by Crippen LogP contribution is 2.59. The minimum atomic E-state index is -5.84. The number of carbonyl (C=O) groups excluding carboxylic acids is 6. The van der Waals surface area contributed by atoms with E-state index in [4.69, 9.17) is 22.1 Å². The van der Waals surface area contributed by atoms with Gasteiger partial charge in [-0.25, -0.2) is 0 Å². The molecular weight excluding hydrogens is 967 g/mol. The Bertz CT molecular complexity index is 2750. The SMILES string of the molecule is CN1CC[C@H]2CC[C@@H](C(=O)N[C@@H](CCC(N)=O)COc3cccc(N4CCN(Cc5cccc(C6CCC(=O)NC6=O)c5)CC4)c3Cl)N2C(=O)[C@@H](NC(=O)c2cc3cc(C(F)(F)P(=O)(O)O)ccc3[nH]2)C1. The molecule has 6 amide bonds. The summed E-state index contributed by atoms with van der Waals surface area (Å²) < 4.78 is 46.7. The van der Waals surface area contributed by atoms with Gasteiger partial charge in [0.25, 0.3) is 5.91 Å². The quantitative estimate of drug-likeness (QED) is 0.0627. The number of benzene rings is 3. The lowest BCUT2D eigenvalue weighted by atomic mass is 9.89. The standard InChI is InChI=1S/C48H57ClF2N9O10P/c1-57-17-16-33-10-13-39(60(33)47(66)37(26-57)55-45(64)36-24-30-23-31(8-12-35(30)54-36)48(50,51)71(67,68)69)46(65)53-32(9-14-41(52)61)27-70-40-7-3-6-38(43(40)49)59-20-18-58(19-21-59)25-28-4-2-5-29(22-28)34-11-15-42(62)56-44(34)63/h2-8,12,22-24,32-34,37,39,54H,9-11,13-21,25-27H2,1H3,(H2,52,61)(H,53,65)(H,55,64)(H,56,62,63)(H2,67,68,69)/t32-,33+,34?,37-,39-/m0/s1. The molecule has 380 valence electrons. The minimum absolute atomic E-state index is 0.0644. The number of H-pyrrole nitrogens is 1. The number of fused-ring (bicyclic) bond motifs is 2. The molecule has 4 saturated heterocycles. The fourth-order valence-electron chi connectivity index (χ4n) is 9.92. The van der Waals surface area contributed by atoms with E-state index in [2.05, 4.69) is 30.7 Å². The Morgan fingerprint density at radius 1 is 0.972 bits per heavy atom. The predicted octanol–water partition coefficient (Wildman–Crippen LogP) is 3.51. The predicted molar refractivity (Wildman–Crippen MR) is 258 cm³/mol. The van der Waals surface area contributed by atoms with E-state index in [1.165, 1.54) is 17.0 Å². The number of nitrogens with zero attached hydrogens (tertiary/aromatic N) is 4. The van der Waals surface area contributed by atoms with E-state index in [0.717, 1.165) is 42.0 Å². The average molecular weight is 1020 g/mol. The van der Waals surface area contributed by atoms with Crippen LogP contribution in [0.3, 0.4) is 0 Å². The molecule has 8 N–H and O–H groups in total. The molecule has 1 unspecified atom stereocenters. The zero-order valence-corrected chi connectivity index (χ0v) is 40.6. The number of alkyl halides is 2. The largest absolute Gasteiger partial charge is 0.490 e. The second-order valence-corrected chi connectivity index (χ2v) is 20.8. The highest BCUT2D eigenvalue weighted by Gasteiger charge is 2.50. The zero-order valence-electron chi connectivity index (χ0n) is 39.0. The van der Waals surface area contributed by atoms with E-state index < -0.39 is 60.6 Å². The number of hydrogen-bond acceptors (Lipinski definition) is 11. The number of aromatic nitrogens is 1. The lowest BCUT2D eigenvalue weighted by Crippen LogP contribution is -2.60. The van der Waals surface area contributed by atoms with Crippen LogP contribution in [0.5, 0.6) is 5.75 Å². The van der Waals surface area contributed by atoms with Gasteiger partial charge in [-0.2, -0.15) is 8.78 Å². The number of anilines is 1. The number of nitrogens with two attached hydrogens (primary N) is 1. The number of primary amides is 1. The Balaban J connectivity index is 0.894. The number of piperidine rings is 1. The maximum atomic E-state index is 14.5. The first-order valence-corrected chi connectivity index (χ1v) is 25.5. The number of hydrogen-bond donors (Lipinski definition) is 7. The average Bonchev–Trinajstić information content (AvgIpc) is 3.96. The molecule has 0 radical (unpaired) electrons. The summed E-state index contributed by atoms with van der Waals surface area (Å²) in [6.45, 7) is 4.05. The van der Waals surface area contributed by atoms with E-state index in [9.17, 15) is 51.9 Å². The number of aromatic amines is 1. The Hall–Kier alpha value is -5.96. The first-order valence-electron chi connectivity index (χ1n) is 23.5. The first-order chi connectivity index (χ1) is 33.7. The molecule has 3 aromatic carbocycles. The van der Waals surface area contributed by atoms with Crippen LogP contribution in [0, 0.1) is 0 Å². The van der Waals surface area contributed by atoms with E-state index in [-0.39, 0.29) is 66.4 Å². The van der Waals surface area contributed by atoms with Crippen molar-refractivity contribution in [2.75, 3.05) is 57.8 Å². The lowest BCUT2D eigenvalue weighted by molar-refractivity contribution is -0.143. The molecule has 4 fully saturated rings. The maximum absolute atomic E-state index is 14.5. The third-order valence-corrected chi connectivity index (χ3v) is 15.1. The van der Waals surface area contributed by atoms with Crippen LogP contribution in [0.25, 0.3) is 10.9 Å². The summed E-state index contributed by atoms with van der Waals surface area (Å²) in [4.78, 5) is 108. The Kier molecular flexibility index (Phi) is 15.5. The molecule has 8 rings (SSSR count). The van der Waals surface area contributed by atoms with E-state index in [1.807, 2.05) is 41.3 Å². The summed E-state index contributed by atoms with van der Waals surface area (Å²) in [7, 11) is -4.04. The smallest absolute Gasteiger partial charge is 0.399 e. The van der Waals surface area contributed by atoms with Gasteiger partial charge >= 0.3 is 13.3 Å². The van der Waals surface area contributed by atoms with Crippen molar-refractivity contribution in [2.24, 2.45) is 5.73 Å². The third kappa shape index (κ3) is 11.7. The number of likely N-dealkylation sites (N-methyl/N-ethyl adjacent to an activating group) is 1. The summed E-state index contributed by atoms with van der Waals surface area (Å²) in [5.74, 6) is -2.80. The van der Waals surface area contributed by atoms with Crippen molar-refractivity contribution >= 4 is 71.2 Å². The van der Waals surface area contributed by atoms with Crippen LogP contribution >= 0.6 is 19.2 Å². The van der Waals surface area contributed by atoms with Crippen LogP contribution in [-0.4, -0.2) is 142 Å². The van der Waals surface area contributed by atoms with Gasteiger partial charge in [-0.05, 0) is 87.2 Å². The number of piperazine rings is 1. The molecule has 23 heteroatoms. The molecule has 5 atom stereocenters. The van der Waals surface area contributed by atoms with Gasteiger partial charge in [0.2, 0.25) is 29.5 Å². The zero-order chi connectivity index (χ0) is 50.8. The van der Waals surface area contributed by atoms with Gasteiger partial charge in [0.1, 0.15) is 35.2 Å². The summed E-state index contributed by atoms with van der Waals surface area (Å²) in [5, 5.41) is 8.63. The molecule has 4 aromatic rings. The highest BCUT2D eigenvalue weighted by molar-refractivity contribution is 7.52. The molecule has 19 nitrogen and oxygen atoms in total. The molecule has 0 spiro atoms. The number of rotatable bonds is 16. The van der Waals surface area contributed by atoms with Gasteiger partial charge in [0, 0.05) is 74.6 Å². The molecule has 0 aliphatic carbocycles. The van der Waals surface area contributed by atoms with Crippen LogP contribution in [0.4, 0.5) is 14.5 Å². The summed E-state index contributed by atoms with van der Waals surface area (Å²) in [6.07, 6.45) is 2.27. The van der Waals surface area contributed by atoms with Gasteiger partial charge in [-0.1, -0.05) is 48.0 Å². The monoisotopic (exact) mass is 1020 g/mol. The molecule has 0 saturated carbocycles. The van der Waals surface area contributed by atoms with Gasteiger partial charge in [0.15, 0.2) is 0 Å². The molecule has 4 aliphatic rings. The number of nitrogens with one attached hydrogen (secondary N) is 4. The number of carbonyl (C=O) groups is 6. The molecule has 4 aliphatic heterocycles. The van der Waals surface area contributed by atoms with Crippen molar-refractivity contribution in [3.8, 4) is 5.75 Å². The summed E-state index contributed by atoms with van der Waals surface area (Å²) in [5.41, 5.74) is 3.02. The van der Waals surface area contributed by atoms with Crippen molar-refractivity contribution in [2.45, 2.75) is 87.2 Å². The normalized spacial score (nSPS) is 22.1. The Labute approximate surface area is 412 Å². The van der Waals surface area contributed by atoms with E-state index in [1.54, 1.807) is 13.1 Å². The second kappa shape index (κ2) is 21.4. The number of ether oxygens (including phenoxy) is 1. The summed E-state index contributed by atoms with van der Waals surface area (Å²) >= 11 is 6.99. The molecule has 71 heavy (non-hydrogen) atoms. The Morgan fingerprint density at radius 3 is 2.46 bits per heavy atom. The Morgan fingerprint density at radius 2 is 1.73 bits per heavy atom. The number of amides is 6. The maximum Gasteiger partial charge on any atom is 0.399 e. The second-order valence-electron chi connectivity index (χ2n) is 18.8. The fraction of sp³-hybridized carbons (Fsp3) is 0.458. The molecular formula is C48H57ClF2N9O10P. The van der Waals surface area contributed by atoms with Crippen molar-refractivity contribution in [1.29, 1.82) is 0 Å². The van der Waals surface area contributed by atoms with Crippen LogP contribution in [-0.2, 0) is 40.7 Å². The van der Waals surface area contributed by atoms with Gasteiger partial charge < -0.3 is 50.6 Å². The van der Waals surface area contributed by atoms with Gasteiger partial charge in [0.05, 0.1) is 17.6 Å². The van der Waals surface area contributed by atoms with Crippen LogP contribution in [0.1, 0.15) is 78.0 Å². The fourth-order valence-corrected chi connectivity index (χ4v) is 10.7. The van der Waals surface area contributed by atoms with Crippen LogP contribution in [0.2, 0.25) is 5.02 Å². The van der Waals surface area contributed by atoms with Crippen LogP contribution < -0.4 is 31.3 Å². The van der Waals surface area contributed by atoms with Crippen molar-refractivity contribution in [3.05, 3.63) is 94.1 Å². The number of imide groups is 1. The van der Waals surface area contributed by atoms with E-state index >= 15 is 0 Å². The third-order valence-electron chi connectivity index (χ3n) is 13.8. The van der Waals surface area contributed by atoms with Crippen molar-refractivity contribution < 1.29 is 56.6 Å².